The molecule has 1 saturated heterocycles. The third kappa shape index (κ3) is 3.98. The predicted molar refractivity (Wildman–Crippen MR) is 127 cm³/mol. The molecule has 4 heterocycles. The fourth-order valence-electron chi connectivity index (χ4n) is 4.92. The molecule has 5 rings (SSSR count). The van der Waals surface area contributed by atoms with Crippen LogP contribution in [-0.4, -0.2) is 43.2 Å². The van der Waals surface area contributed by atoms with Gasteiger partial charge in [-0.1, -0.05) is 26.0 Å². The maximum absolute atomic E-state index is 13.1. The van der Waals surface area contributed by atoms with E-state index in [1.807, 2.05) is 22.0 Å². The van der Waals surface area contributed by atoms with Crippen molar-refractivity contribution in [2.45, 2.75) is 65.0 Å². The first-order chi connectivity index (χ1) is 15.5. The Kier molecular flexibility index (Phi) is 5.62. The number of hydrogen-bond acceptors (Lipinski definition) is 3. The van der Waals surface area contributed by atoms with Crippen LogP contribution >= 0.6 is 0 Å². The van der Waals surface area contributed by atoms with Gasteiger partial charge >= 0.3 is 0 Å². The van der Waals surface area contributed by atoms with E-state index in [1.165, 1.54) is 23.9 Å². The topological polar surface area (TPSA) is 56.0 Å². The molecule has 2 atom stereocenters. The normalized spacial score (nSPS) is 21.7. The highest BCUT2D eigenvalue weighted by Gasteiger charge is 2.31. The molecule has 0 spiro atoms. The van der Waals surface area contributed by atoms with Gasteiger partial charge in [0.05, 0.1) is 17.3 Å². The number of fused-ring (bicyclic) bond motifs is 1. The lowest BCUT2D eigenvalue weighted by molar-refractivity contribution is -0.134. The van der Waals surface area contributed by atoms with Gasteiger partial charge in [-0.15, -0.1) is 0 Å². The third-order valence-corrected chi connectivity index (χ3v) is 7.09. The molecule has 0 N–H and O–H groups in total. The molecular formula is C26H33N5O. The van der Waals surface area contributed by atoms with Gasteiger partial charge in [-0.05, 0) is 50.7 Å². The van der Waals surface area contributed by atoms with Gasteiger partial charge < -0.3 is 9.47 Å². The van der Waals surface area contributed by atoms with Gasteiger partial charge in [-0.2, -0.15) is 5.10 Å². The van der Waals surface area contributed by atoms with Gasteiger partial charge in [0.1, 0.15) is 6.54 Å². The first kappa shape index (κ1) is 21.0. The van der Waals surface area contributed by atoms with Crippen molar-refractivity contribution in [2.75, 3.05) is 13.1 Å². The summed E-state index contributed by atoms with van der Waals surface area (Å²) in [4.78, 5) is 19.8. The van der Waals surface area contributed by atoms with Gasteiger partial charge in [0.15, 0.2) is 0 Å². The summed E-state index contributed by atoms with van der Waals surface area (Å²) in [5.41, 5.74) is 4.60. The maximum atomic E-state index is 13.1. The molecule has 0 radical (unpaired) electrons. The van der Waals surface area contributed by atoms with Gasteiger partial charge in [-0.25, -0.2) is 0 Å². The van der Waals surface area contributed by atoms with Gasteiger partial charge in [0, 0.05) is 54.2 Å². The molecule has 1 amide bonds. The smallest absolute Gasteiger partial charge is 0.244 e. The zero-order valence-corrected chi connectivity index (χ0v) is 19.4. The minimum Gasteiger partial charge on any atom is -0.342 e. The van der Waals surface area contributed by atoms with Crippen molar-refractivity contribution in [1.29, 1.82) is 0 Å². The number of carbonyl (C=O) groups excluding carboxylic acids is 1. The van der Waals surface area contributed by atoms with Crippen molar-refractivity contribution in [3.8, 4) is 0 Å². The second-order valence-corrected chi connectivity index (χ2v) is 9.48. The lowest BCUT2D eigenvalue weighted by Gasteiger charge is -2.38. The standard InChI is InChI=1S/C26H33N5O/c1-4-5-6-22-19(3)27-15-21-10-14-31(26(21)22)24-16-29(12-9-18(24)2)25(32)17-30-13-11-23(28-30)20-7-8-20/h5-6,10-11,13-15,18,20,24H,4,7-9,12,16-17H2,1-3H3/b6-5-. The Labute approximate surface area is 189 Å². The van der Waals surface area contributed by atoms with Gasteiger partial charge in [-0.3, -0.25) is 14.5 Å². The number of aromatic nitrogens is 4. The van der Waals surface area contributed by atoms with Crippen molar-refractivity contribution in [3.05, 3.63) is 53.8 Å². The van der Waals surface area contributed by atoms with Crippen LogP contribution in [0.3, 0.4) is 0 Å². The molecule has 1 saturated carbocycles. The average Bonchev–Trinajstić information content (AvgIpc) is 3.39. The number of nitrogens with zero attached hydrogens (tertiary/aromatic N) is 5. The maximum Gasteiger partial charge on any atom is 0.244 e. The minimum absolute atomic E-state index is 0.160. The molecule has 1 aliphatic heterocycles. The van der Waals surface area contributed by atoms with E-state index in [-0.39, 0.29) is 11.9 Å². The Hall–Kier alpha value is -2.89. The Bertz CT molecular complexity index is 1150. The largest absolute Gasteiger partial charge is 0.342 e. The Morgan fingerprint density at radius 1 is 1.22 bits per heavy atom. The monoisotopic (exact) mass is 431 g/mol. The van der Waals surface area contributed by atoms with Crippen molar-refractivity contribution in [1.82, 2.24) is 24.2 Å². The number of likely N-dealkylation sites (tertiary alicyclic amines) is 1. The van der Waals surface area contributed by atoms with E-state index in [0.29, 0.717) is 18.4 Å². The van der Waals surface area contributed by atoms with Crippen LogP contribution in [0, 0.1) is 12.8 Å². The van der Waals surface area contributed by atoms with Crippen LogP contribution in [0.15, 0.2) is 36.8 Å². The van der Waals surface area contributed by atoms with Crippen LogP contribution < -0.4 is 0 Å². The van der Waals surface area contributed by atoms with E-state index < -0.39 is 0 Å². The Morgan fingerprint density at radius 3 is 2.84 bits per heavy atom. The number of aryl methyl sites for hydroxylation is 1. The van der Waals surface area contributed by atoms with Crippen LogP contribution in [0.1, 0.15) is 68.4 Å². The predicted octanol–water partition coefficient (Wildman–Crippen LogP) is 4.95. The van der Waals surface area contributed by atoms with E-state index in [4.69, 9.17) is 0 Å². The number of rotatable bonds is 6. The first-order valence-electron chi connectivity index (χ1n) is 12.0. The molecule has 2 unspecified atom stereocenters. The van der Waals surface area contributed by atoms with Gasteiger partial charge in [0.25, 0.3) is 0 Å². The SMILES string of the molecule is CC/C=C\c1c(C)ncc2ccn(C3CN(C(=O)Cn4ccc(C5CC5)n4)CCC3C)c12. The average molecular weight is 432 g/mol. The fourth-order valence-corrected chi connectivity index (χ4v) is 4.92. The van der Waals surface area contributed by atoms with Crippen molar-refractivity contribution < 1.29 is 4.79 Å². The van der Waals surface area contributed by atoms with Crippen molar-refractivity contribution >= 4 is 22.9 Å². The summed E-state index contributed by atoms with van der Waals surface area (Å²) >= 11 is 0. The molecule has 2 fully saturated rings. The molecule has 6 nitrogen and oxygen atoms in total. The molecule has 32 heavy (non-hydrogen) atoms. The number of hydrogen-bond donors (Lipinski definition) is 0. The summed E-state index contributed by atoms with van der Waals surface area (Å²) in [5, 5.41) is 5.79. The summed E-state index contributed by atoms with van der Waals surface area (Å²) in [6.07, 6.45) is 15.0. The van der Waals surface area contributed by atoms with E-state index in [1.54, 1.807) is 0 Å². The lowest BCUT2D eigenvalue weighted by atomic mass is 9.92. The Balaban J connectivity index is 1.39. The van der Waals surface area contributed by atoms with Crippen molar-refractivity contribution in [3.63, 3.8) is 0 Å². The van der Waals surface area contributed by atoms with Crippen LogP contribution in [-0.2, 0) is 11.3 Å². The molecule has 3 aromatic rings. The summed E-state index contributed by atoms with van der Waals surface area (Å²) in [6, 6.07) is 4.47. The molecular weight excluding hydrogens is 398 g/mol. The zero-order valence-electron chi connectivity index (χ0n) is 19.4. The van der Waals surface area contributed by atoms with E-state index >= 15 is 0 Å². The quantitative estimate of drug-likeness (QED) is 0.555. The third-order valence-electron chi connectivity index (χ3n) is 7.09. The molecule has 168 valence electrons. The number of pyridine rings is 1. The highest BCUT2D eigenvalue weighted by molar-refractivity contribution is 5.89. The molecule has 6 heteroatoms. The fraction of sp³-hybridized carbons (Fsp3) is 0.500. The number of piperidine rings is 1. The van der Waals surface area contributed by atoms with Crippen LogP contribution in [0.4, 0.5) is 0 Å². The van der Waals surface area contributed by atoms with Crippen molar-refractivity contribution in [2.24, 2.45) is 5.92 Å². The molecule has 2 aliphatic rings. The number of allylic oxidation sites excluding steroid dienone is 1. The summed E-state index contributed by atoms with van der Waals surface area (Å²) in [6.45, 7) is 8.41. The number of amides is 1. The van der Waals surface area contributed by atoms with Crippen LogP contribution in [0.2, 0.25) is 0 Å². The lowest BCUT2D eigenvalue weighted by Crippen LogP contribution is -2.45. The van der Waals surface area contributed by atoms with E-state index in [2.05, 4.69) is 65.9 Å². The Morgan fingerprint density at radius 2 is 2.06 bits per heavy atom. The molecule has 3 aromatic heterocycles. The minimum atomic E-state index is 0.160. The molecule has 0 aromatic carbocycles. The number of carbonyl (C=O) groups is 1. The zero-order chi connectivity index (χ0) is 22.2. The highest BCUT2D eigenvalue weighted by Crippen LogP contribution is 2.39. The highest BCUT2D eigenvalue weighted by atomic mass is 16.2. The van der Waals surface area contributed by atoms with Crippen LogP contribution in [0.25, 0.3) is 17.0 Å². The van der Waals surface area contributed by atoms with E-state index in [9.17, 15) is 4.79 Å². The molecule has 1 aliphatic carbocycles. The summed E-state index contributed by atoms with van der Waals surface area (Å²) < 4.78 is 4.21. The summed E-state index contributed by atoms with van der Waals surface area (Å²) in [7, 11) is 0. The second-order valence-electron chi connectivity index (χ2n) is 9.48. The van der Waals surface area contributed by atoms with Crippen LogP contribution in [0.5, 0.6) is 0 Å². The van der Waals surface area contributed by atoms with E-state index in [0.717, 1.165) is 42.7 Å². The second kappa shape index (κ2) is 8.57. The summed E-state index contributed by atoms with van der Waals surface area (Å²) in [5.74, 6) is 1.27. The first-order valence-corrected chi connectivity index (χ1v) is 12.0. The van der Waals surface area contributed by atoms with Gasteiger partial charge in [0.2, 0.25) is 5.91 Å². The molecule has 0 bridgehead atoms.